The van der Waals surface area contributed by atoms with Gasteiger partial charge in [-0.15, -0.1) is 0 Å². The summed E-state index contributed by atoms with van der Waals surface area (Å²) in [5.74, 6) is -0.134. The number of piperazine rings is 1. The van der Waals surface area contributed by atoms with E-state index in [1.165, 1.54) is 0 Å². The zero-order valence-electron chi connectivity index (χ0n) is 11.3. The fourth-order valence-electron chi connectivity index (χ4n) is 2.04. The predicted octanol–water partition coefficient (Wildman–Crippen LogP) is -1.14. The summed E-state index contributed by atoms with van der Waals surface area (Å²) < 4.78 is 0. The lowest BCUT2D eigenvalue weighted by Crippen LogP contribution is -2.50. The van der Waals surface area contributed by atoms with Crippen LogP contribution in [0, 0.1) is 5.92 Å². The van der Waals surface area contributed by atoms with Gasteiger partial charge < -0.3 is 16.0 Å². The summed E-state index contributed by atoms with van der Waals surface area (Å²) in [4.78, 5) is 26.8. The highest BCUT2D eigenvalue weighted by molar-refractivity contribution is 5.84. The van der Waals surface area contributed by atoms with Gasteiger partial charge in [-0.1, -0.05) is 13.8 Å². The zero-order chi connectivity index (χ0) is 13.5. The molecule has 1 fully saturated rings. The van der Waals surface area contributed by atoms with E-state index < -0.39 is 5.91 Å². The van der Waals surface area contributed by atoms with Crippen LogP contribution in [0.15, 0.2) is 0 Å². The second-order valence-electron chi connectivity index (χ2n) is 5.16. The van der Waals surface area contributed by atoms with E-state index in [-0.39, 0.29) is 12.5 Å². The Labute approximate surface area is 108 Å². The summed E-state index contributed by atoms with van der Waals surface area (Å²) in [5.41, 5.74) is 5.18. The van der Waals surface area contributed by atoms with E-state index in [0.717, 1.165) is 26.2 Å². The average Bonchev–Trinajstić information content (AvgIpc) is 2.28. The second kappa shape index (κ2) is 7.33. The van der Waals surface area contributed by atoms with Crippen molar-refractivity contribution in [1.29, 1.82) is 0 Å². The molecular weight excluding hydrogens is 232 g/mol. The van der Waals surface area contributed by atoms with Crippen LogP contribution in [0.5, 0.6) is 0 Å². The lowest BCUT2D eigenvalue weighted by Gasteiger charge is -2.30. The Morgan fingerprint density at radius 3 is 2.44 bits per heavy atom. The summed E-state index contributed by atoms with van der Waals surface area (Å²) in [6, 6.07) is 0. The number of primary amides is 1. The average molecular weight is 256 g/mol. The minimum atomic E-state index is -0.454. The van der Waals surface area contributed by atoms with Crippen molar-refractivity contribution < 1.29 is 9.59 Å². The first-order valence-electron chi connectivity index (χ1n) is 6.48. The summed E-state index contributed by atoms with van der Waals surface area (Å²) in [5, 5.41) is 3.24. The van der Waals surface area contributed by atoms with E-state index >= 15 is 0 Å². The summed E-state index contributed by atoms with van der Waals surface area (Å²) in [6.45, 7) is 8.58. The highest BCUT2D eigenvalue weighted by Crippen LogP contribution is 2.01. The molecule has 0 aromatic rings. The molecule has 104 valence electrons. The van der Waals surface area contributed by atoms with Crippen LogP contribution in [0.1, 0.15) is 13.8 Å². The fraction of sp³-hybridized carbons (Fsp3) is 0.833. The number of hydrogen-bond donors (Lipinski definition) is 2. The molecule has 6 heteroatoms. The lowest BCUT2D eigenvalue weighted by molar-refractivity contribution is -0.136. The third-order valence-electron chi connectivity index (χ3n) is 2.85. The maximum absolute atomic E-state index is 12.1. The largest absolute Gasteiger partial charge is 0.368 e. The Hall–Kier alpha value is -1.14. The molecule has 0 saturated carbocycles. The number of nitrogens with two attached hydrogens (primary N) is 1. The number of nitrogens with zero attached hydrogens (tertiary/aromatic N) is 2. The van der Waals surface area contributed by atoms with E-state index in [1.54, 1.807) is 4.90 Å². The summed E-state index contributed by atoms with van der Waals surface area (Å²) in [6.07, 6.45) is 0. The summed E-state index contributed by atoms with van der Waals surface area (Å²) >= 11 is 0. The Morgan fingerprint density at radius 2 is 1.94 bits per heavy atom. The lowest BCUT2D eigenvalue weighted by atomic mass is 10.2. The smallest absolute Gasteiger partial charge is 0.237 e. The third-order valence-corrected chi connectivity index (χ3v) is 2.85. The molecule has 0 atom stereocenters. The van der Waals surface area contributed by atoms with Crippen molar-refractivity contribution in [2.45, 2.75) is 13.8 Å². The highest BCUT2D eigenvalue weighted by atomic mass is 16.2. The van der Waals surface area contributed by atoms with Gasteiger partial charge in [-0.2, -0.15) is 0 Å². The minimum Gasteiger partial charge on any atom is -0.368 e. The molecular formula is C12H24N4O2. The molecule has 3 N–H and O–H groups in total. The highest BCUT2D eigenvalue weighted by Gasteiger charge is 2.20. The number of nitrogens with one attached hydrogen (secondary N) is 1. The van der Waals surface area contributed by atoms with Crippen LogP contribution in [0.2, 0.25) is 0 Å². The van der Waals surface area contributed by atoms with Crippen LogP contribution in [0.3, 0.4) is 0 Å². The van der Waals surface area contributed by atoms with Crippen LogP contribution < -0.4 is 11.1 Å². The topological polar surface area (TPSA) is 78.7 Å². The number of carbonyl (C=O) groups excluding carboxylic acids is 2. The van der Waals surface area contributed by atoms with E-state index in [0.29, 0.717) is 19.0 Å². The van der Waals surface area contributed by atoms with Crippen molar-refractivity contribution in [1.82, 2.24) is 15.1 Å². The molecule has 1 rings (SSSR count). The molecule has 1 aliphatic heterocycles. The minimum absolute atomic E-state index is 0.00981. The van der Waals surface area contributed by atoms with Crippen molar-refractivity contribution in [3.05, 3.63) is 0 Å². The van der Waals surface area contributed by atoms with Gasteiger partial charge in [0.05, 0.1) is 13.1 Å². The molecule has 0 spiro atoms. The quantitative estimate of drug-likeness (QED) is 0.630. The van der Waals surface area contributed by atoms with Crippen LogP contribution in [-0.2, 0) is 9.59 Å². The van der Waals surface area contributed by atoms with Crippen LogP contribution in [0.4, 0.5) is 0 Å². The zero-order valence-corrected chi connectivity index (χ0v) is 11.3. The summed E-state index contributed by atoms with van der Waals surface area (Å²) in [7, 11) is 0. The van der Waals surface area contributed by atoms with E-state index in [2.05, 4.69) is 10.2 Å². The van der Waals surface area contributed by atoms with Gasteiger partial charge in [0.15, 0.2) is 0 Å². The van der Waals surface area contributed by atoms with Crippen molar-refractivity contribution >= 4 is 11.8 Å². The van der Waals surface area contributed by atoms with Gasteiger partial charge in [-0.3, -0.25) is 14.5 Å². The Bertz CT molecular complexity index is 288. The molecule has 0 aliphatic carbocycles. The predicted molar refractivity (Wildman–Crippen MR) is 69.9 cm³/mol. The van der Waals surface area contributed by atoms with Crippen LogP contribution in [-0.4, -0.2) is 67.4 Å². The van der Waals surface area contributed by atoms with E-state index in [9.17, 15) is 9.59 Å². The molecule has 2 amide bonds. The van der Waals surface area contributed by atoms with Gasteiger partial charge in [0.25, 0.3) is 0 Å². The number of rotatable bonds is 6. The fourth-order valence-corrected chi connectivity index (χ4v) is 2.04. The first-order valence-corrected chi connectivity index (χ1v) is 6.48. The number of hydrogen-bond acceptors (Lipinski definition) is 4. The van der Waals surface area contributed by atoms with Crippen molar-refractivity contribution in [3.8, 4) is 0 Å². The molecule has 6 nitrogen and oxygen atoms in total. The maximum atomic E-state index is 12.1. The van der Waals surface area contributed by atoms with Crippen molar-refractivity contribution in [2.24, 2.45) is 11.7 Å². The van der Waals surface area contributed by atoms with Gasteiger partial charge in [0, 0.05) is 32.7 Å². The molecule has 18 heavy (non-hydrogen) atoms. The monoisotopic (exact) mass is 256 g/mol. The second-order valence-corrected chi connectivity index (χ2v) is 5.16. The number of amides is 2. The van der Waals surface area contributed by atoms with Crippen LogP contribution in [0.25, 0.3) is 0 Å². The van der Waals surface area contributed by atoms with Gasteiger partial charge in [-0.25, -0.2) is 0 Å². The standard InChI is InChI=1S/C12H24N4O2/c1-10(2)7-16(8-11(13)17)12(18)9-15-5-3-14-4-6-15/h10,14H,3-9H2,1-2H3,(H2,13,17). The van der Waals surface area contributed by atoms with Gasteiger partial charge >= 0.3 is 0 Å². The molecule has 1 heterocycles. The molecule has 0 aromatic carbocycles. The van der Waals surface area contributed by atoms with Crippen molar-refractivity contribution in [2.75, 3.05) is 45.8 Å². The van der Waals surface area contributed by atoms with Gasteiger partial charge in [0.2, 0.25) is 11.8 Å². The molecule has 0 aromatic heterocycles. The third kappa shape index (κ3) is 5.46. The SMILES string of the molecule is CC(C)CN(CC(N)=O)C(=O)CN1CCNCC1. The Balaban J connectivity index is 2.48. The first kappa shape index (κ1) is 14.9. The van der Waals surface area contributed by atoms with Gasteiger partial charge in [0.1, 0.15) is 0 Å². The van der Waals surface area contributed by atoms with E-state index in [1.807, 2.05) is 13.8 Å². The maximum Gasteiger partial charge on any atom is 0.237 e. The van der Waals surface area contributed by atoms with E-state index in [4.69, 9.17) is 5.73 Å². The normalized spacial score (nSPS) is 16.8. The Kier molecular flexibility index (Phi) is 6.07. The Morgan fingerprint density at radius 1 is 1.33 bits per heavy atom. The molecule has 0 radical (unpaired) electrons. The molecule has 0 bridgehead atoms. The van der Waals surface area contributed by atoms with Crippen molar-refractivity contribution in [3.63, 3.8) is 0 Å². The number of carbonyl (C=O) groups is 2. The first-order chi connectivity index (χ1) is 8.49. The van der Waals surface area contributed by atoms with Crippen LogP contribution >= 0.6 is 0 Å². The molecule has 0 unspecified atom stereocenters. The van der Waals surface area contributed by atoms with Gasteiger partial charge in [-0.05, 0) is 5.92 Å². The molecule has 1 saturated heterocycles. The molecule has 1 aliphatic rings.